The lowest BCUT2D eigenvalue weighted by molar-refractivity contribution is 0.00927. The van der Waals surface area contributed by atoms with Crippen molar-refractivity contribution in [1.29, 1.82) is 0 Å². The van der Waals surface area contributed by atoms with Gasteiger partial charge in [0.2, 0.25) is 0 Å². The molecule has 0 N–H and O–H groups in total. The van der Waals surface area contributed by atoms with Gasteiger partial charge in [-0.25, -0.2) is 0 Å². The molecule has 6 heteroatoms. The SMILES string of the molecule is COc1ccc(CC(F)(F)N=[N+]=[N-])cc1. The zero-order valence-electron chi connectivity index (χ0n) is 8.02. The molecular formula is C9H9F2N3O. The second-order valence-electron chi connectivity index (χ2n) is 2.88. The van der Waals surface area contributed by atoms with Crippen molar-refractivity contribution in [2.75, 3.05) is 7.11 Å². The summed E-state index contributed by atoms with van der Waals surface area (Å²) in [7, 11) is 1.49. The summed E-state index contributed by atoms with van der Waals surface area (Å²) in [6.07, 6.45) is -0.610. The number of ether oxygens (including phenoxy) is 1. The van der Waals surface area contributed by atoms with Crippen LogP contribution in [0.3, 0.4) is 0 Å². The van der Waals surface area contributed by atoms with E-state index in [2.05, 4.69) is 10.0 Å². The predicted molar refractivity (Wildman–Crippen MR) is 50.8 cm³/mol. The molecule has 0 aromatic heterocycles. The van der Waals surface area contributed by atoms with Gasteiger partial charge in [0.05, 0.1) is 7.11 Å². The van der Waals surface area contributed by atoms with E-state index in [0.29, 0.717) is 11.3 Å². The summed E-state index contributed by atoms with van der Waals surface area (Å²) >= 11 is 0. The molecule has 0 unspecified atom stereocenters. The highest BCUT2D eigenvalue weighted by Crippen LogP contribution is 2.23. The van der Waals surface area contributed by atoms with E-state index in [4.69, 9.17) is 10.3 Å². The van der Waals surface area contributed by atoms with Crippen molar-refractivity contribution < 1.29 is 13.5 Å². The van der Waals surface area contributed by atoms with Crippen LogP contribution < -0.4 is 4.74 Å². The van der Waals surface area contributed by atoms with Gasteiger partial charge < -0.3 is 4.74 Å². The molecule has 0 atom stereocenters. The first-order valence-electron chi connectivity index (χ1n) is 4.14. The normalized spacial score (nSPS) is 10.6. The Labute approximate surface area is 85.1 Å². The number of benzene rings is 1. The number of halogens is 2. The molecule has 0 saturated carbocycles. The molecule has 0 aliphatic carbocycles. The molecule has 0 bridgehead atoms. The quantitative estimate of drug-likeness (QED) is 0.328. The number of methoxy groups -OCH3 is 1. The minimum atomic E-state index is -3.39. The molecular weight excluding hydrogens is 204 g/mol. The van der Waals surface area contributed by atoms with Gasteiger partial charge in [-0.05, 0) is 28.3 Å². The van der Waals surface area contributed by atoms with Crippen LogP contribution in [0.2, 0.25) is 0 Å². The predicted octanol–water partition coefficient (Wildman–Crippen LogP) is 3.14. The Morgan fingerprint density at radius 1 is 1.40 bits per heavy atom. The van der Waals surface area contributed by atoms with Crippen LogP contribution in [0.15, 0.2) is 29.4 Å². The highest BCUT2D eigenvalue weighted by molar-refractivity contribution is 5.27. The highest BCUT2D eigenvalue weighted by Gasteiger charge is 2.27. The molecule has 0 spiro atoms. The molecule has 4 nitrogen and oxygen atoms in total. The van der Waals surface area contributed by atoms with Gasteiger partial charge in [-0.2, -0.15) is 8.78 Å². The van der Waals surface area contributed by atoms with E-state index in [1.165, 1.54) is 19.2 Å². The number of nitrogens with zero attached hydrogens (tertiary/aromatic N) is 3. The maximum atomic E-state index is 12.8. The first-order valence-corrected chi connectivity index (χ1v) is 4.14. The van der Waals surface area contributed by atoms with Crippen molar-refractivity contribution >= 4 is 0 Å². The molecule has 1 rings (SSSR count). The van der Waals surface area contributed by atoms with Crippen LogP contribution in [0.25, 0.3) is 10.4 Å². The van der Waals surface area contributed by atoms with Crippen LogP contribution in [0.1, 0.15) is 5.56 Å². The van der Waals surface area contributed by atoms with E-state index in [9.17, 15) is 8.78 Å². The minimum absolute atomic E-state index is 0.383. The average molecular weight is 213 g/mol. The largest absolute Gasteiger partial charge is 0.497 e. The summed E-state index contributed by atoms with van der Waals surface area (Å²) in [5.41, 5.74) is 8.30. The zero-order valence-corrected chi connectivity index (χ0v) is 8.02. The fourth-order valence-electron chi connectivity index (χ4n) is 1.09. The van der Waals surface area contributed by atoms with Crippen molar-refractivity contribution in [3.05, 3.63) is 40.3 Å². The Hall–Kier alpha value is -1.81. The van der Waals surface area contributed by atoms with Crippen molar-refractivity contribution in [3.63, 3.8) is 0 Å². The number of hydrogen-bond donors (Lipinski definition) is 0. The number of alkyl halides is 2. The first kappa shape index (κ1) is 11.3. The maximum Gasteiger partial charge on any atom is 0.329 e. The third-order valence-electron chi connectivity index (χ3n) is 1.77. The molecule has 80 valence electrons. The number of hydrogen-bond acceptors (Lipinski definition) is 2. The molecule has 15 heavy (non-hydrogen) atoms. The van der Waals surface area contributed by atoms with Crippen LogP contribution in [0, 0.1) is 0 Å². The Bertz CT molecular complexity index is 371. The lowest BCUT2D eigenvalue weighted by Gasteiger charge is -2.09. The molecule has 0 saturated heterocycles. The molecule has 0 aliphatic rings. The lowest BCUT2D eigenvalue weighted by atomic mass is 10.1. The standard InChI is InChI=1S/C9H9F2N3O/c1-15-8-4-2-7(3-5-8)6-9(10,11)13-14-12/h2-5H,6H2,1H3. The zero-order chi connectivity index (χ0) is 11.3. The van der Waals surface area contributed by atoms with Gasteiger partial charge in [0.15, 0.2) is 0 Å². The van der Waals surface area contributed by atoms with Gasteiger partial charge in [0.25, 0.3) is 0 Å². The molecule has 0 fully saturated rings. The second-order valence-corrected chi connectivity index (χ2v) is 2.88. The highest BCUT2D eigenvalue weighted by atomic mass is 19.3. The Balaban J connectivity index is 2.76. The average Bonchev–Trinajstić information content (AvgIpc) is 2.18. The molecule has 1 aromatic rings. The van der Waals surface area contributed by atoms with E-state index >= 15 is 0 Å². The summed E-state index contributed by atoms with van der Waals surface area (Å²) in [5.74, 6) is 0.589. The van der Waals surface area contributed by atoms with Gasteiger partial charge >= 0.3 is 6.05 Å². The third-order valence-corrected chi connectivity index (χ3v) is 1.77. The van der Waals surface area contributed by atoms with E-state index in [1.807, 2.05) is 0 Å². The van der Waals surface area contributed by atoms with E-state index in [0.717, 1.165) is 0 Å². The molecule has 0 aliphatic heterocycles. The summed E-state index contributed by atoms with van der Waals surface area (Å²) < 4.78 is 30.6. The number of azide groups is 1. The Kier molecular flexibility index (Phi) is 3.46. The van der Waals surface area contributed by atoms with Crippen molar-refractivity contribution in [1.82, 2.24) is 0 Å². The Morgan fingerprint density at radius 2 is 2.00 bits per heavy atom. The topological polar surface area (TPSA) is 58.0 Å². The number of rotatable bonds is 4. The van der Waals surface area contributed by atoms with Crippen molar-refractivity contribution in [2.24, 2.45) is 5.11 Å². The summed E-state index contributed by atoms with van der Waals surface area (Å²) in [4.78, 5) is 2.09. The molecule has 0 heterocycles. The summed E-state index contributed by atoms with van der Waals surface area (Å²) in [6, 6.07) is 2.76. The summed E-state index contributed by atoms with van der Waals surface area (Å²) in [5, 5.41) is 2.41. The van der Waals surface area contributed by atoms with Crippen LogP contribution >= 0.6 is 0 Å². The fraction of sp³-hybridized carbons (Fsp3) is 0.333. The minimum Gasteiger partial charge on any atom is -0.497 e. The second kappa shape index (κ2) is 4.61. The monoisotopic (exact) mass is 213 g/mol. The molecule has 0 amide bonds. The summed E-state index contributed by atoms with van der Waals surface area (Å²) in [6.45, 7) is 0. The van der Waals surface area contributed by atoms with E-state index in [-0.39, 0.29) is 0 Å². The third kappa shape index (κ3) is 3.44. The first-order chi connectivity index (χ1) is 7.07. The van der Waals surface area contributed by atoms with Crippen LogP contribution in [-0.2, 0) is 6.42 Å². The van der Waals surface area contributed by atoms with E-state index < -0.39 is 12.5 Å². The van der Waals surface area contributed by atoms with Gasteiger partial charge in [-0.1, -0.05) is 12.1 Å². The van der Waals surface area contributed by atoms with Gasteiger partial charge in [-0.15, -0.1) is 0 Å². The maximum absolute atomic E-state index is 12.8. The fourth-order valence-corrected chi connectivity index (χ4v) is 1.09. The van der Waals surface area contributed by atoms with Gasteiger partial charge in [-0.3, -0.25) is 0 Å². The van der Waals surface area contributed by atoms with Crippen LogP contribution in [-0.4, -0.2) is 13.2 Å². The molecule has 0 radical (unpaired) electrons. The Morgan fingerprint density at radius 3 is 2.47 bits per heavy atom. The van der Waals surface area contributed by atoms with Crippen LogP contribution in [0.5, 0.6) is 5.75 Å². The molecule has 1 aromatic carbocycles. The lowest BCUT2D eigenvalue weighted by Crippen LogP contribution is -2.14. The van der Waals surface area contributed by atoms with Gasteiger partial charge in [0.1, 0.15) is 5.75 Å². The smallest absolute Gasteiger partial charge is 0.329 e. The van der Waals surface area contributed by atoms with Crippen molar-refractivity contribution in [2.45, 2.75) is 12.5 Å². The van der Waals surface area contributed by atoms with Crippen molar-refractivity contribution in [3.8, 4) is 5.75 Å². The van der Waals surface area contributed by atoms with Crippen LogP contribution in [0.4, 0.5) is 8.78 Å². The van der Waals surface area contributed by atoms with Gasteiger partial charge in [0, 0.05) is 11.3 Å². The van der Waals surface area contributed by atoms with E-state index in [1.54, 1.807) is 12.1 Å².